The average molecular weight is 398 g/mol. The van der Waals surface area contributed by atoms with Crippen LogP contribution in [0.1, 0.15) is 44.2 Å². The topological polar surface area (TPSA) is 104 Å². The smallest absolute Gasteiger partial charge is 0.203 e. The van der Waals surface area contributed by atoms with Gasteiger partial charge in [0.15, 0.2) is 40.3 Å². The molecule has 0 bridgehead atoms. The zero-order valence-electron chi connectivity index (χ0n) is 16.2. The van der Waals surface area contributed by atoms with Gasteiger partial charge in [-0.25, -0.2) is 0 Å². The van der Waals surface area contributed by atoms with Crippen LogP contribution < -0.4 is 14.2 Å². The zero-order valence-corrected chi connectivity index (χ0v) is 16.2. The molecular weight excluding hydrogens is 380 g/mol. The van der Waals surface area contributed by atoms with Crippen molar-refractivity contribution in [3.63, 3.8) is 0 Å². The van der Waals surface area contributed by atoms with Crippen molar-refractivity contribution in [2.45, 2.75) is 6.42 Å². The molecule has 0 radical (unpaired) electrons. The summed E-state index contributed by atoms with van der Waals surface area (Å²) in [7, 11) is 5.58. The molecule has 0 aliphatic heterocycles. The van der Waals surface area contributed by atoms with E-state index in [1.165, 1.54) is 40.6 Å². The van der Waals surface area contributed by atoms with Crippen LogP contribution in [0.5, 0.6) is 17.2 Å². The lowest BCUT2D eigenvalue weighted by atomic mass is 9.91. The van der Waals surface area contributed by atoms with Gasteiger partial charge in [-0.1, -0.05) is 0 Å². The van der Waals surface area contributed by atoms with E-state index in [9.17, 15) is 14.7 Å². The van der Waals surface area contributed by atoms with Crippen LogP contribution in [-0.4, -0.2) is 45.1 Å². The van der Waals surface area contributed by atoms with E-state index >= 15 is 0 Å². The van der Waals surface area contributed by atoms with Gasteiger partial charge in [-0.2, -0.15) is 0 Å². The Hall–Kier alpha value is -3.86. The SMILES string of the molecule is C#Cc1oc2c(c1C(=O)c1cc(OC)c(OC)c(OC)c1)C(=O)CC(OC)=C2O. The van der Waals surface area contributed by atoms with Crippen LogP contribution >= 0.6 is 0 Å². The number of hydrogen-bond donors (Lipinski definition) is 1. The second kappa shape index (κ2) is 7.64. The molecule has 8 heteroatoms. The maximum atomic E-state index is 13.3. The molecule has 8 nitrogen and oxygen atoms in total. The number of ether oxygens (including phenoxy) is 4. The Kier molecular flexibility index (Phi) is 5.24. The predicted molar refractivity (Wildman–Crippen MR) is 102 cm³/mol. The fraction of sp³-hybridized carbons (Fsp3) is 0.238. The van der Waals surface area contributed by atoms with Gasteiger partial charge in [0.05, 0.1) is 46.0 Å². The van der Waals surface area contributed by atoms with Crippen LogP contribution in [0.2, 0.25) is 0 Å². The number of methoxy groups -OCH3 is 4. The van der Waals surface area contributed by atoms with E-state index in [2.05, 4.69) is 5.92 Å². The number of Topliss-reactive ketones (excluding diaryl/α,β-unsaturated/α-hetero) is 1. The highest BCUT2D eigenvalue weighted by Crippen LogP contribution is 2.41. The van der Waals surface area contributed by atoms with Gasteiger partial charge in [0.1, 0.15) is 5.76 Å². The highest BCUT2D eigenvalue weighted by molar-refractivity contribution is 6.19. The highest BCUT2D eigenvalue weighted by atomic mass is 16.5. The molecule has 0 spiro atoms. The van der Waals surface area contributed by atoms with E-state index in [0.717, 1.165) is 0 Å². The number of terminal acetylenes is 1. The first-order valence-corrected chi connectivity index (χ1v) is 8.39. The maximum absolute atomic E-state index is 13.3. The van der Waals surface area contributed by atoms with Crippen molar-refractivity contribution < 1.29 is 38.1 Å². The number of hydrogen-bond acceptors (Lipinski definition) is 8. The summed E-state index contributed by atoms with van der Waals surface area (Å²) in [5, 5.41) is 10.3. The van der Waals surface area contributed by atoms with Crippen molar-refractivity contribution in [2.24, 2.45) is 0 Å². The molecule has 0 fully saturated rings. The van der Waals surface area contributed by atoms with Crippen molar-refractivity contribution >= 4 is 17.3 Å². The number of benzene rings is 1. The molecule has 0 amide bonds. The Morgan fingerprint density at radius 3 is 2.21 bits per heavy atom. The molecule has 0 saturated heterocycles. The van der Waals surface area contributed by atoms with E-state index in [0.29, 0.717) is 5.75 Å². The summed E-state index contributed by atoms with van der Waals surface area (Å²) in [6, 6.07) is 2.87. The predicted octanol–water partition coefficient (Wildman–Crippen LogP) is 2.98. The van der Waals surface area contributed by atoms with Gasteiger partial charge in [-0.05, 0) is 18.1 Å². The highest BCUT2D eigenvalue weighted by Gasteiger charge is 2.37. The summed E-state index contributed by atoms with van der Waals surface area (Å²) < 4.78 is 26.3. The van der Waals surface area contributed by atoms with Gasteiger partial charge in [0.25, 0.3) is 0 Å². The summed E-state index contributed by atoms with van der Waals surface area (Å²) in [6.07, 6.45) is 5.26. The fourth-order valence-electron chi connectivity index (χ4n) is 3.15. The van der Waals surface area contributed by atoms with E-state index in [-0.39, 0.29) is 57.6 Å². The molecule has 1 aliphatic carbocycles. The lowest BCUT2D eigenvalue weighted by molar-refractivity contribution is 0.0951. The first-order chi connectivity index (χ1) is 13.9. The molecule has 1 aliphatic rings. The summed E-state index contributed by atoms with van der Waals surface area (Å²) in [6.45, 7) is 0. The maximum Gasteiger partial charge on any atom is 0.203 e. The summed E-state index contributed by atoms with van der Waals surface area (Å²) >= 11 is 0. The summed E-state index contributed by atoms with van der Waals surface area (Å²) in [5.41, 5.74) is -0.0770. The van der Waals surface area contributed by atoms with Crippen LogP contribution in [0.4, 0.5) is 0 Å². The molecule has 3 rings (SSSR count). The number of aliphatic hydroxyl groups is 1. The molecule has 1 aromatic carbocycles. The largest absolute Gasteiger partial charge is 0.502 e. The third kappa shape index (κ3) is 3.06. The Morgan fingerprint density at radius 1 is 1.10 bits per heavy atom. The van der Waals surface area contributed by atoms with Crippen molar-refractivity contribution in [1.29, 1.82) is 0 Å². The summed E-state index contributed by atoms with van der Waals surface area (Å²) in [5.74, 6) is 1.31. The number of aliphatic hydroxyl groups excluding tert-OH is 1. The molecular formula is C21H18O8. The standard InChI is InChI=1S/C21H18O8/c1-6-12-17(16-11(22)9-13(25-2)19(24)21(16)29-12)18(23)10-7-14(26-3)20(28-5)15(8-10)27-4/h1,7-8,24H,9H2,2-5H3. The van der Waals surface area contributed by atoms with Gasteiger partial charge in [-0.3, -0.25) is 9.59 Å². The van der Waals surface area contributed by atoms with Gasteiger partial charge < -0.3 is 28.5 Å². The molecule has 0 saturated carbocycles. The van der Waals surface area contributed by atoms with Crippen LogP contribution in [0.15, 0.2) is 22.3 Å². The van der Waals surface area contributed by atoms with Crippen LogP contribution in [-0.2, 0) is 4.74 Å². The number of furan rings is 1. The van der Waals surface area contributed by atoms with Crippen molar-refractivity contribution in [2.75, 3.05) is 28.4 Å². The lowest BCUT2D eigenvalue weighted by Crippen LogP contribution is -2.16. The second-order valence-corrected chi connectivity index (χ2v) is 5.97. The number of rotatable bonds is 6. The Balaban J connectivity index is 2.24. The molecule has 150 valence electrons. The van der Waals surface area contributed by atoms with Crippen molar-refractivity contribution in [3.8, 4) is 29.6 Å². The lowest BCUT2D eigenvalue weighted by Gasteiger charge is -2.15. The Labute approximate surface area is 166 Å². The Bertz CT molecular complexity index is 1060. The monoisotopic (exact) mass is 398 g/mol. The minimum Gasteiger partial charge on any atom is -0.502 e. The third-order valence-electron chi connectivity index (χ3n) is 4.52. The van der Waals surface area contributed by atoms with Crippen LogP contribution in [0, 0.1) is 12.3 Å². The zero-order chi connectivity index (χ0) is 21.3. The van der Waals surface area contributed by atoms with Gasteiger partial charge >= 0.3 is 0 Å². The quantitative estimate of drug-likeness (QED) is 0.585. The second-order valence-electron chi connectivity index (χ2n) is 5.97. The van der Waals surface area contributed by atoms with E-state index < -0.39 is 11.6 Å². The van der Waals surface area contributed by atoms with Gasteiger partial charge in [0.2, 0.25) is 5.75 Å². The van der Waals surface area contributed by atoms with Crippen molar-refractivity contribution in [3.05, 3.63) is 46.1 Å². The van der Waals surface area contributed by atoms with E-state index in [4.69, 9.17) is 29.8 Å². The Morgan fingerprint density at radius 2 is 1.72 bits per heavy atom. The normalized spacial score (nSPS) is 12.9. The number of ketones is 2. The minimum atomic E-state index is -0.593. The van der Waals surface area contributed by atoms with E-state index in [1.807, 2.05) is 0 Å². The third-order valence-corrected chi connectivity index (χ3v) is 4.52. The van der Waals surface area contributed by atoms with E-state index in [1.54, 1.807) is 0 Å². The molecule has 0 unspecified atom stereocenters. The number of allylic oxidation sites excluding steroid dienone is 1. The van der Waals surface area contributed by atoms with Crippen LogP contribution in [0.25, 0.3) is 5.76 Å². The van der Waals surface area contributed by atoms with Crippen LogP contribution in [0.3, 0.4) is 0 Å². The molecule has 29 heavy (non-hydrogen) atoms. The first-order valence-electron chi connectivity index (χ1n) is 8.39. The molecule has 1 heterocycles. The van der Waals surface area contributed by atoms with Gasteiger partial charge in [-0.15, -0.1) is 6.42 Å². The molecule has 1 N–H and O–H groups in total. The number of carbonyl (C=O) groups is 2. The summed E-state index contributed by atoms with van der Waals surface area (Å²) in [4.78, 5) is 26.0. The molecule has 0 atom stereocenters. The molecule has 1 aromatic heterocycles. The minimum absolute atomic E-state index is 0.0339. The average Bonchev–Trinajstić information content (AvgIpc) is 3.14. The number of fused-ring (bicyclic) bond motifs is 1. The molecule has 2 aromatic rings. The van der Waals surface area contributed by atoms with Crippen molar-refractivity contribution in [1.82, 2.24) is 0 Å². The van der Waals surface area contributed by atoms with Gasteiger partial charge in [0, 0.05) is 5.56 Å². The fourth-order valence-corrected chi connectivity index (χ4v) is 3.15. The number of carbonyl (C=O) groups excluding carboxylic acids is 2. The first kappa shape index (κ1) is 19.9.